The number of carbonyl (C=O) groups is 1. The molecule has 3 N–H and O–H groups in total. The second-order valence-corrected chi connectivity index (χ2v) is 7.20. The van der Waals surface area contributed by atoms with Crippen LogP contribution in [0.3, 0.4) is 0 Å². The third-order valence-electron chi connectivity index (χ3n) is 3.99. The summed E-state index contributed by atoms with van der Waals surface area (Å²) in [5.74, 6) is -0.262. The van der Waals surface area contributed by atoms with Gasteiger partial charge in [-0.1, -0.05) is 17.7 Å². The molecule has 1 amide bonds. The highest BCUT2D eigenvalue weighted by Crippen LogP contribution is 2.27. The van der Waals surface area contributed by atoms with Gasteiger partial charge in [0, 0.05) is 37.4 Å². The molecule has 0 fully saturated rings. The van der Waals surface area contributed by atoms with E-state index in [0.29, 0.717) is 21.5 Å². The van der Waals surface area contributed by atoms with Gasteiger partial charge in [0.2, 0.25) is 0 Å². The van der Waals surface area contributed by atoms with Crippen LogP contribution in [0.2, 0.25) is 5.02 Å². The van der Waals surface area contributed by atoms with Gasteiger partial charge >= 0.3 is 0 Å². The monoisotopic (exact) mass is 425 g/mol. The van der Waals surface area contributed by atoms with Crippen LogP contribution in [0, 0.1) is 0 Å². The third kappa shape index (κ3) is 5.66. The molecule has 148 valence electrons. The fraction of sp³-hybridized carbons (Fsp3) is 0.0952. The van der Waals surface area contributed by atoms with Gasteiger partial charge < -0.3 is 20.9 Å². The number of aromatic nitrogens is 1. The number of benzene rings is 2. The van der Waals surface area contributed by atoms with Gasteiger partial charge in [-0.3, -0.25) is 9.78 Å². The van der Waals surface area contributed by atoms with E-state index in [1.165, 1.54) is 0 Å². The first-order chi connectivity index (χ1) is 13.9. The molecule has 0 aliphatic carbocycles. The number of hydrogen-bond acceptors (Lipinski definition) is 4. The Morgan fingerprint density at radius 3 is 2.14 bits per heavy atom. The zero-order valence-electron chi connectivity index (χ0n) is 15.9. The summed E-state index contributed by atoms with van der Waals surface area (Å²) in [6.45, 7) is 0. The molecule has 0 unspecified atom stereocenters. The number of rotatable bonds is 5. The van der Waals surface area contributed by atoms with Crippen LogP contribution in [-0.4, -0.2) is 30.1 Å². The Hall–Kier alpha value is -3.16. The summed E-state index contributed by atoms with van der Waals surface area (Å²) in [4.78, 5) is 18.1. The normalized spacial score (nSPS) is 10.2. The zero-order chi connectivity index (χ0) is 20.8. The average molecular weight is 426 g/mol. The number of thiocarbonyl (C=S) groups is 1. The number of hydrogen-bond donors (Lipinski definition) is 3. The molecule has 0 aliphatic rings. The number of nitrogens with one attached hydrogen (secondary N) is 3. The second kappa shape index (κ2) is 9.36. The maximum absolute atomic E-state index is 12.1. The summed E-state index contributed by atoms with van der Waals surface area (Å²) in [6, 6.07) is 18.1. The standard InChI is InChI=1S/C21H20ClN5OS/c1-27(2)19-11-10-16(13-17(19)22)26-21(29)25-15-8-6-14(7-9-15)24-20(28)18-5-3-4-12-23-18/h3-13H,1-2H3,(H,24,28)(H2,25,26,29). The summed E-state index contributed by atoms with van der Waals surface area (Å²) in [6.07, 6.45) is 1.58. The Balaban J connectivity index is 1.57. The van der Waals surface area contributed by atoms with Crippen molar-refractivity contribution in [3.8, 4) is 0 Å². The molecule has 0 atom stereocenters. The van der Waals surface area contributed by atoms with Crippen LogP contribution in [0.1, 0.15) is 10.5 Å². The Labute approximate surface area is 179 Å². The average Bonchev–Trinajstić information content (AvgIpc) is 2.70. The Bertz CT molecular complexity index is 1010. The Morgan fingerprint density at radius 1 is 0.931 bits per heavy atom. The SMILES string of the molecule is CN(C)c1ccc(NC(=S)Nc2ccc(NC(=O)c3ccccn3)cc2)cc1Cl. The van der Waals surface area contributed by atoms with Crippen molar-refractivity contribution in [1.29, 1.82) is 0 Å². The number of amides is 1. The maximum Gasteiger partial charge on any atom is 0.274 e. The number of halogens is 1. The highest BCUT2D eigenvalue weighted by atomic mass is 35.5. The minimum atomic E-state index is -0.262. The summed E-state index contributed by atoms with van der Waals surface area (Å²) in [5, 5.41) is 10.1. The molecular weight excluding hydrogens is 406 g/mol. The summed E-state index contributed by atoms with van der Waals surface area (Å²) < 4.78 is 0. The number of pyridine rings is 1. The smallest absolute Gasteiger partial charge is 0.274 e. The van der Waals surface area contributed by atoms with E-state index in [-0.39, 0.29) is 5.91 Å². The van der Waals surface area contributed by atoms with Gasteiger partial charge in [0.15, 0.2) is 5.11 Å². The van der Waals surface area contributed by atoms with Crippen LogP contribution >= 0.6 is 23.8 Å². The fourth-order valence-electron chi connectivity index (χ4n) is 2.57. The molecule has 0 aliphatic heterocycles. The molecule has 0 saturated carbocycles. The molecule has 1 heterocycles. The predicted octanol–water partition coefficient (Wildman–Crippen LogP) is 4.86. The van der Waals surface area contributed by atoms with Crippen molar-refractivity contribution < 1.29 is 4.79 Å². The van der Waals surface area contributed by atoms with E-state index in [9.17, 15) is 4.79 Å². The van der Waals surface area contributed by atoms with Crippen LogP contribution in [-0.2, 0) is 0 Å². The molecule has 3 aromatic rings. The highest BCUT2D eigenvalue weighted by Gasteiger charge is 2.08. The van der Waals surface area contributed by atoms with Gasteiger partial charge in [-0.05, 0) is 66.8 Å². The molecule has 1 aromatic heterocycles. The quantitative estimate of drug-likeness (QED) is 0.507. The maximum atomic E-state index is 12.1. The number of nitrogens with zero attached hydrogens (tertiary/aromatic N) is 2. The summed E-state index contributed by atoms with van der Waals surface area (Å²) >= 11 is 11.6. The topological polar surface area (TPSA) is 69.3 Å². The zero-order valence-corrected chi connectivity index (χ0v) is 17.5. The molecule has 2 aromatic carbocycles. The number of carbonyl (C=O) groups excluding carboxylic acids is 1. The van der Waals surface area contributed by atoms with E-state index in [2.05, 4.69) is 20.9 Å². The van der Waals surface area contributed by atoms with E-state index in [4.69, 9.17) is 23.8 Å². The molecule has 6 nitrogen and oxygen atoms in total. The minimum absolute atomic E-state index is 0.262. The van der Waals surface area contributed by atoms with E-state index < -0.39 is 0 Å². The van der Waals surface area contributed by atoms with Crippen LogP contribution in [0.25, 0.3) is 0 Å². The van der Waals surface area contributed by atoms with E-state index in [0.717, 1.165) is 17.1 Å². The Morgan fingerprint density at radius 2 is 1.55 bits per heavy atom. The lowest BCUT2D eigenvalue weighted by Gasteiger charge is -2.16. The van der Waals surface area contributed by atoms with Gasteiger partial charge in [0.05, 0.1) is 10.7 Å². The minimum Gasteiger partial charge on any atom is -0.376 e. The molecule has 0 radical (unpaired) electrons. The molecule has 3 rings (SSSR count). The lowest BCUT2D eigenvalue weighted by molar-refractivity contribution is 0.102. The van der Waals surface area contributed by atoms with Crippen molar-refractivity contribution in [2.75, 3.05) is 34.9 Å². The van der Waals surface area contributed by atoms with Gasteiger partial charge in [-0.15, -0.1) is 0 Å². The fourth-order valence-corrected chi connectivity index (χ4v) is 3.16. The summed E-state index contributed by atoms with van der Waals surface area (Å²) in [7, 11) is 3.87. The number of anilines is 4. The van der Waals surface area contributed by atoms with Gasteiger partial charge in [0.1, 0.15) is 5.69 Å². The van der Waals surface area contributed by atoms with Crippen LogP contribution < -0.4 is 20.9 Å². The van der Waals surface area contributed by atoms with Crippen LogP contribution in [0.4, 0.5) is 22.7 Å². The van der Waals surface area contributed by atoms with Crippen LogP contribution in [0.5, 0.6) is 0 Å². The van der Waals surface area contributed by atoms with Crippen molar-refractivity contribution >= 4 is 57.6 Å². The lowest BCUT2D eigenvalue weighted by atomic mass is 10.2. The van der Waals surface area contributed by atoms with Crippen molar-refractivity contribution in [3.05, 3.63) is 77.6 Å². The van der Waals surface area contributed by atoms with Gasteiger partial charge in [-0.25, -0.2) is 0 Å². The van der Waals surface area contributed by atoms with Gasteiger partial charge in [0.25, 0.3) is 5.91 Å². The van der Waals surface area contributed by atoms with E-state index >= 15 is 0 Å². The first-order valence-electron chi connectivity index (χ1n) is 8.80. The molecule has 0 saturated heterocycles. The van der Waals surface area contributed by atoms with Gasteiger partial charge in [-0.2, -0.15) is 0 Å². The largest absolute Gasteiger partial charge is 0.376 e. The first kappa shape index (κ1) is 20.6. The second-order valence-electron chi connectivity index (χ2n) is 6.39. The third-order valence-corrected chi connectivity index (χ3v) is 4.49. The molecule has 0 bridgehead atoms. The molecule has 8 heteroatoms. The first-order valence-corrected chi connectivity index (χ1v) is 9.58. The molecule has 0 spiro atoms. The Kier molecular flexibility index (Phi) is 6.64. The van der Waals surface area contributed by atoms with Crippen molar-refractivity contribution in [1.82, 2.24) is 4.98 Å². The highest BCUT2D eigenvalue weighted by molar-refractivity contribution is 7.80. The molecule has 29 heavy (non-hydrogen) atoms. The summed E-state index contributed by atoms with van der Waals surface area (Å²) in [5.41, 5.74) is 3.53. The van der Waals surface area contributed by atoms with E-state index in [1.807, 2.05) is 49.3 Å². The van der Waals surface area contributed by atoms with E-state index in [1.54, 1.807) is 36.5 Å². The van der Waals surface area contributed by atoms with Crippen LogP contribution in [0.15, 0.2) is 66.9 Å². The van der Waals surface area contributed by atoms with Crippen molar-refractivity contribution in [2.24, 2.45) is 0 Å². The lowest BCUT2D eigenvalue weighted by Crippen LogP contribution is -2.19. The van der Waals surface area contributed by atoms with Crippen molar-refractivity contribution in [3.63, 3.8) is 0 Å². The predicted molar refractivity (Wildman–Crippen MR) is 124 cm³/mol. The van der Waals surface area contributed by atoms with Crippen molar-refractivity contribution in [2.45, 2.75) is 0 Å². The molecular formula is C21H20ClN5OS.